The zero-order valence-corrected chi connectivity index (χ0v) is 14.8. The van der Waals surface area contributed by atoms with Crippen LogP contribution in [0.4, 0.5) is 4.79 Å². The van der Waals surface area contributed by atoms with E-state index in [2.05, 4.69) is 10.6 Å². The van der Waals surface area contributed by atoms with E-state index < -0.39 is 29.9 Å². The summed E-state index contributed by atoms with van der Waals surface area (Å²) in [5.74, 6) is -1.48. The SMILES string of the molecule is CC/C=C1/NC(=O)N[C@H](c2ccccc2OCC(N)=O)[C@H]1C(=O)OCC. The van der Waals surface area contributed by atoms with E-state index in [-0.39, 0.29) is 13.2 Å². The van der Waals surface area contributed by atoms with Gasteiger partial charge in [0.15, 0.2) is 6.61 Å². The van der Waals surface area contributed by atoms with E-state index in [1.165, 1.54) is 0 Å². The number of carbonyl (C=O) groups is 3. The molecule has 1 heterocycles. The third-order valence-corrected chi connectivity index (χ3v) is 3.80. The highest BCUT2D eigenvalue weighted by molar-refractivity contribution is 5.85. The van der Waals surface area contributed by atoms with Gasteiger partial charge in [0.1, 0.15) is 11.7 Å². The molecule has 3 amide bonds. The van der Waals surface area contributed by atoms with Crippen molar-refractivity contribution in [3.63, 3.8) is 0 Å². The summed E-state index contributed by atoms with van der Waals surface area (Å²) in [5.41, 5.74) is 6.18. The minimum Gasteiger partial charge on any atom is -0.483 e. The first-order chi connectivity index (χ1) is 12.5. The van der Waals surface area contributed by atoms with Gasteiger partial charge in [0.2, 0.25) is 0 Å². The van der Waals surface area contributed by atoms with Gasteiger partial charge in [-0.25, -0.2) is 4.79 Å². The fourth-order valence-electron chi connectivity index (χ4n) is 2.82. The fraction of sp³-hybridized carbons (Fsp3) is 0.389. The number of esters is 1. The van der Waals surface area contributed by atoms with Gasteiger partial charge in [0.25, 0.3) is 5.91 Å². The summed E-state index contributed by atoms with van der Waals surface area (Å²) in [6.07, 6.45) is 2.41. The van der Waals surface area contributed by atoms with Crippen molar-refractivity contribution in [2.45, 2.75) is 26.3 Å². The van der Waals surface area contributed by atoms with Crippen LogP contribution in [0.5, 0.6) is 5.75 Å². The topological polar surface area (TPSA) is 120 Å². The van der Waals surface area contributed by atoms with Gasteiger partial charge in [-0.15, -0.1) is 0 Å². The van der Waals surface area contributed by atoms with Crippen LogP contribution in [0.25, 0.3) is 0 Å². The third kappa shape index (κ3) is 4.53. The van der Waals surface area contributed by atoms with E-state index in [1.807, 2.05) is 6.92 Å². The van der Waals surface area contributed by atoms with E-state index >= 15 is 0 Å². The molecule has 8 heteroatoms. The lowest BCUT2D eigenvalue weighted by atomic mass is 9.87. The maximum absolute atomic E-state index is 12.6. The van der Waals surface area contributed by atoms with Gasteiger partial charge in [-0.3, -0.25) is 9.59 Å². The molecule has 4 N–H and O–H groups in total. The number of amides is 3. The lowest BCUT2D eigenvalue weighted by Crippen LogP contribution is -2.51. The zero-order chi connectivity index (χ0) is 19.1. The molecule has 0 spiro atoms. The largest absolute Gasteiger partial charge is 0.483 e. The number of nitrogens with two attached hydrogens (primary N) is 1. The van der Waals surface area contributed by atoms with Crippen molar-refractivity contribution in [1.29, 1.82) is 0 Å². The van der Waals surface area contributed by atoms with Gasteiger partial charge < -0.3 is 25.8 Å². The van der Waals surface area contributed by atoms with Crippen LogP contribution in [-0.4, -0.2) is 31.1 Å². The van der Waals surface area contributed by atoms with Gasteiger partial charge in [0, 0.05) is 11.3 Å². The summed E-state index contributed by atoms with van der Waals surface area (Å²) in [4.78, 5) is 35.7. The molecule has 26 heavy (non-hydrogen) atoms. The van der Waals surface area contributed by atoms with Crippen LogP contribution < -0.4 is 21.1 Å². The normalized spacial score (nSPS) is 20.8. The quantitative estimate of drug-likeness (QED) is 0.634. The number of hydrogen-bond acceptors (Lipinski definition) is 5. The van der Waals surface area contributed by atoms with Crippen molar-refractivity contribution in [3.05, 3.63) is 41.6 Å². The van der Waals surface area contributed by atoms with Crippen LogP contribution in [0, 0.1) is 5.92 Å². The highest BCUT2D eigenvalue weighted by atomic mass is 16.5. The van der Waals surface area contributed by atoms with E-state index in [0.29, 0.717) is 23.4 Å². The number of carbonyl (C=O) groups excluding carboxylic acids is 3. The fourth-order valence-corrected chi connectivity index (χ4v) is 2.82. The predicted molar refractivity (Wildman–Crippen MR) is 94.0 cm³/mol. The monoisotopic (exact) mass is 361 g/mol. The summed E-state index contributed by atoms with van der Waals surface area (Å²) in [6, 6.07) is 5.72. The minimum absolute atomic E-state index is 0.217. The number of ether oxygens (including phenoxy) is 2. The number of allylic oxidation sites excluding steroid dienone is 1. The first kappa shape index (κ1) is 19.3. The molecular weight excluding hydrogens is 338 g/mol. The Morgan fingerprint density at radius 3 is 2.65 bits per heavy atom. The van der Waals surface area contributed by atoms with Gasteiger partial charge in [-0.1, -0.05) is 31.2 Å². The Labute approximate surface area is 151 Å². The highest BCUT2D eigenvalue weighted by Gasteiger charge is 2.40. The number of para-hydroxylation sites is 1. The number of urea groups is 1. The molecule has 0 unspecified atom stereocenters. The van der Waals surface area contributed by atoms with Crippen LogP contribution in [0.15, 0.2) is 36.0 Å². The van der Waals surface area contributed by atoms with Gasteiger partial charge in [-0.05, 0) is 19.4 Å². The molecule has 1 saturated heterocycles. The van der Waals surface area contributed by atoms with Crippen molar-refractivity contribution < 1.29 is 23.9 Å². The molecule has 1 aromatic carbocycles. The smallest absolute Gasteiger partial charge is 0.319 e. The molecule has 0 radical (unpaired) electrons. The average molecular weight is 361 g/mol. The Balaban J connectivity index is 2.45. The molecule has 0 aliphatic carbocycles. The molecule has 2 rings (SSSR count). The number of primary amides is 1. The Morgan fingerprint density at radius 2 is 2.00 bits per heavy atom. The van der Waals surface area contributed by atoms with Gasteiger partial charge in [0.05, 0.1) is 12.6 Å². The van der Waals surface area contributed by atoms with E-state index in [4.69, 9.17) is 15.2 Å². The maximum Gasteiger partial charge on any atom is 0.319 e. The molecule has 1 aliphatic rings. The molecule has 2 atom stereocenters. The van der Waals surface area contributed by atoms with Gasteiger partial charge in [-0.2, -0.15) is 0 Å². The molecule has 1 fully saturated rings. The Bertz CT molecular complexity index is 717. The Morgan fingerprint density at radius 1 is 1.27 bits per heavy atom. The van der Waals surface area contributed by atoms with Crippen molar-refractivity contribution >= 4 is 17.9 Å². The summed E-state index contributed by atoms with van der Waals surface area (Å²) in [6.45, 7) is 3.53. The second kappa shape index (κ2) is 8.89. The summed E-state index contributed by atoms with van der Waals surface area (Å²) < 4.78 is 10.6. The van der Waals surface area contributed by atoms with Crippen LogP contribution in [0.3, 0.4) is 0 Å². The molecule has 0 bridgehead atoms. The van der Waals surface area contributed by atoms with Crippen LogP contribution in [-0.2, 0) is 14.3 Å². The molecular formula is C18H23N3O5. The van der Waals surface area contributed by atoms with Crippen molar-refractivity contribution in [2.75, 3.05) is 13.2 Å². The highest BCUT2D eigenvalue weighted by Crippen LogP contribution is 2.36. The van der Waals surface area contributed by atoms with E-state index in [1.54, 1.807) is 37.3 Å². The molecule has 0 saturated carbocycles. The second-order valence-corrected chi connectivity index (χ2v) is 5.67. The van der Waals surface area contributed by atoms with E-state index in [9.17, 15) is 14.4 Å². The van der Waals surface area contributed by atoms with Gasteiger partial charge >= 0.3 is 12.0 Å². The summed E-state index contributed by atoms with van der Waals surface area (Å²) in [7, 11) is 0. The number of benzene rings is 1. The standard InChI is InChI=1S/C18H23N3O5/c1-3-7-12-15(17(23)25-4-2)16(21-18(24)20-12)11-8-5-6-9-13(11)26-10-14(19)22/h5-9,15-16H,3-4,10H2,1-2H3,(H2,19,22)(H2,20,21,24)/b12-7+/t15-,16+/m0/s1. The first-order valence-corrected chi connectivity index (χ1v) is 8.42. The van der Waals surface area contributed by atoms with Crippen molar-refractivity contribution in [1.82, 2.24) is 10.6 Å². The lowest BCUT2D eigenvalue weighted by Gasteiger charge is -2.34. The molecule has 1 aromatic rings. The van der Waals surface area contributed by atoms with Crippen LogP contribution >= 0.6 is 0 Å². The van der Waals surface area contributed by atoms with E-state index in [0.717, 1.165) is 0 Å². The second-order valence-electron chi connectivity index (χ2n) is 5.67. The number of nitrogens with one attached hydrogen (secondary N) is 2. The Kier molecular flexibility index (Phi) is 6.60. The molecule has 1 aliphatic heterocycles. The predicted octanol–water partition coefficient (Wildman–Crippen LogP) is 1.38. The van der Waals surface area contributed by atoms with Crippen LogP contribution in [0.1, 0.15) is 31.9 Å². The zero-order valence-electron chi connectivity index (χ0n) is 14.8. The summed E-state index contributed by atoms with van der Waals surface area (Å²) in [5, 5.41) is 5.42. The summed E-state index contributed by atoms with van der Waals surface area (Å²) >= 11 is 0. The third-order valence-electron chi connectivity index (χ3n) is 3.80. The Hall–Kier alpha value is -3.03. The molecule has 140 valence electrons. The van der Waals surface area contributed by atoms with Crippen molar-refractivity contribution in [2.24, 2.45) is 11.7 Å². The minimum atomic E-state index is -0.758. The first-order valence-electron chi connectivity index (χ1n) is 8.42. The van der Waals surface area contributed by atoms with Crippen LogP contribution in [0.2, 0.25) is 0 Å². The lowest BCUT2D eigenvalue weighted by molar-refractivity contribution is -0.148. The average Bonchev–Trinajstić information content (AvgIpc) is 2.60. The number of hydrogen-bond donors (Lipinski definition) is 3. The maximum atomic E-state index is 12.6. The molecule has 0 aromatic heterocycles. The number of rotatable bonds is 7. The van der Waals surface area contributed by atoms with Crippen molar-refractivity contribution in [3.8, 4) is 5.75 Å². The molecule has 8 nitrogen and oxygen atoms in total.